The molecule has 0 unspecified atom stereocenters. The Bertz CT molecular complexity index is 593. The van der Waals surface area contributed by atoms with Gasteiger partial charge in [-0.2, -0.15) is 0 Å². The van der Waals surface area contributed by atoms with Gasteiger partial charge in [0, 0.05) is 12.6 Å². The van der Waals surface area contributed by atoms with Crippen LogP contribution in [0.5, 0.6) is 0 Å². The third-order valence-corrected chi connectivity index (χ3v) is 5.86. The molecule has 21 heavy (non-hydrogen) atoms. The molecule has 7 heteroatoms. The summed E-state index contributed by atoms with van der Waals surface area (Å²) in [5, 5.41) is 2.88. The number of sulfone groups is 1. The summed E-state index contributed by atoms with van der Waals surface area (Å²) in [7, 11) is -2.89. The molecule has 1 aliphatic carbocycles. The van der Waals surface area contributed by atoms with Gasteiger partial charge in [-0.3, -0.25) is 0 Å². The molecule has 1 aromatic heterocycles. The SMILES string of the molecule is O=C(NC[C@@H]1CCS(=O)(=O)C1)N(Cc1ccco1)C1CC1. The smallest absolute Gasteiger partial charge is 0.318 e. The van der Waals surface area contributed by atoms with Crippen LogP contribution in [-0.4, -0.2) is 43.4 Å². The molecule has 1 N–H and O–H groups in total. The van der Waals surface area contributed by atoms with Gasteiger partial charge < -0.3 is 14.6 Å². The highest BCUT2D eigenvalue weighted by molar-refractivity contribution is 7.91. The van der Waals surface area contributed by atoms with E-state index in [1.54, 1.807) is 11.2 Å². The maximum Gasteiger partial charge on any atom is 0.318 e. The average molecular weight is 312 g/mol. The molecule has 1 saturated carbocycles. The lowest BCUT2D eigenvalue weighted by Gasteiger charge is -2.22. The second-order valence-corrected chi connectivity index (χ2v) is 8.12. The number of carbonyl (C=O) groups is 1. The van der Waals surface area contributed by atoms with Crippen molar-refractivity contribution in [2.45, 2.75) is 31.8 Å². The summed E-state index contributed by atoms with van der Waals surface area (Å²) < 4.78 is 28.1. The van der Waals surface area contributed by atoms with Gasteiger partial charge in [-0.05, 0) is 37.3 Å². The highest BCUT2D eigenvalue weighted by Crippen LogP contribution is 2.28. The standard InChI is InChI=1S/C14H20N2O4S/c17-14(15-8-11-5-7-21(18,19)10-11)16(12-3-4-12)9-13-2-1-6-20-13/h1-2,6,11-12H,3-5,7-10H2,(H,15,17)/t11-/m0/s1. The van der Waals surface area contributed by atoms with Crippen molar-refractivity contribution < 1.29 is 17.6 Å². The highest BCUT2D eigenvalue weighted by Gasteiger charge is 2.34. The number of amides is 2. The van der Waals surface area contributed by atoms with Gasteiger partial charge in [-0.25, -0.2) is 13.2 Å². The van der Waals surface area contributed by atoms with Gasteiger partial charge in [0.25, 0.3) is 0 Å². The largest absolute Gasteiger partial charge is 0.467 e. The number of furan rings is 1. The second kappa shape index (κ2) is 5.71. The van der Waals surface area contributed by atoms with Crippen LogP contribution in [0.3, 0.4) is 0 Å². The first kappa shape index (κ1) is 14.4. The van der Waals surface area contributed by atoms with Gasteiger partial charge >= 0.3 is 6.03 Å². The Hall–Kier alpha value is -1.50. The van der Waals surface area contributed by atoms with Crippen LogP contribution in [0.15, 0.2) is 22.8 Å². The predicted molar refractivity (Wildman–Crippen MR) is 77.4 cm³/mol. The summed E-state index contributed by atoms with van der Waals surface area (Å²) in [6.45, 7) is 0.895. The molecule has 0 radical (unpaired) electrons. The lowest BCUT2D eigenvalue weighted by atomic mass is 10.1. The molecule has 1 aromatic rings. The summed E-state index contributed by atoms with van der Waals surface area (Å²) in [4.78, 5) is 14.1. The monoisotopic (exact) mass is 312 g/mol. The van der Waals surface area contributed by atoms with Crippen molar-refractivity contribution in [3.05, 3.63) is 24.2 Å². The van der Waals surface area contributed by atoms with E-state index in [2.05, 4.69) is 5.32 Å². The molecular formula is C14H20N2O4S. The Morgan fingerprint density at radius 2 is 2.19 bits per heavy atom. The first-order valence-corrected chi connectivity index (χ1v) is 9.13. The Balaban J connectivity index is 1.53. The van der Waals surface area contributed by atoms with E-state index in [9.17, 15) is 13.2 Å². The van der Waals surface area contributed by atoms with E-state index in [0.717, 1.165) is 18.6 Å². The molecule has 1 saturated heterocycles. The van der Waals surface area contributed by atoms with Gasteiger partial charge in [0.15, 0.2) is 9.84 Å². The van der Waals surface area contributed by atoms with E-state index >= 15 is 0 Å². The fraction of sp³-hybridized carbons (Fsp3) is 0.643. The molecule has 2 fully saturated rings. The number of nitrogens with zero attached hydrogens (tertiary/aromatic N) is 1. The van der Waals surface area contributed by atoms with E-state index in [1.807, 2.05) is 12.1 Å². The van der Waals surface area contributed by atoms with Crippen LogP contribution in [0.1, 0.15) is 25.0 Å². The summed E-state index contributed by atoms with van der Waals surface area (Å²) in [6, 6.07) is 3.81. The normalized spacial score (nSPS) is 23.9. The van der Waals surface area contributed by atoms with Crippen LogP contribution < -0.4 is 5.32 Å². The van der Waals surface area contributed by atoms with Crippen molar-refractivity contribution >= 4 is 15.9 Å². The third-order valence-electron chi connectivity index (χ3n) is 4.02. The third kappa shape index (κ3) is 3.78. The fourth-order valence-electron chi connectivity index (χ4n) is 2.69. The molecule has 6 nitrogen and oxygen atoms in total. The lowest BCUT2D eigenvalue weighted by molar-refractivity contribution is 0.185. The van der Waals surface area contributed by atoms with Crippen LogP contribution in [0.25, 0.3) is 0 Å². The minimum Gasteiger partial charge on any atom is -0.467 e. The van der Waals surface area contributed by atoms with Gasteiger partial charge in [0.1, 0.15) is 5.76 Å². The van der Waals surface area contributed by atoms with Crippen molar-refractivity contribution in [3.63, 3.8) is 0 Å². The second-order valence-electron chi connectivity index (χ2n) is 5.89. The molecule has 1 atom stereocenters. The molecule has 2 aliphatic rings. The summed E-state index contributed by atoms with van der Waals surface area (Å²) in [5.41, 5.74) is 0. The molecule has 2 amide bonds. The Kier molecular flexibility index (Phi) is 3.93. The summed E-state index contributed by atoms with van der Waals surface area (Å²) >= 11 is 0. The number of carbonyl (C=O) groups excluding carboxylic acids is 1. The fourth-order valence-corrected chi connectivity index (χ4v) is 4.55. The summed E-state index contributed by atoms with van der Waals surface area (Å²) in [6.07, 6.45) is 4.28. The van der Waals surface area contributed by atoms with E-state index in [4.69, 9.17) is 4.42 Å². The highest BCUT2D eigenvalue weighted by atomic mass is 32.2. The Labute approximate surface area is 124 Å². The first-order chi connectivity index (χ1) is 10.0. The molecule has 0 aromatic carbocycles. The number of hydrogen-bond acceptors (Lipinski definition) is 4. The van der Waals surface area contributed by atoms with E-state index in [0.29, 0.717) is 19.5 Å². The van der Waals surface area contributed by atoms with Crippen molar-refractivity contribution in [1.29, 1.82) is 0 Å². The summed E-state index contributed by atoms with van der Waals surface area (Å²) in [5.74, 6) is 1.24. The molecule has 0 bridgehead atoms. The Morgan fingerprint density at radius 1 is 1.38 bits per heavy atom. The predicted octanol–water partition coefficient (Wildman–Crippen LogP) is 1.39. The zero-order valence-corrected chi connectivity index (χ0v) is 12.6. The molecule has 1 aliphatic heterocycles. The van der Waals surface area contributed by atoms with E-state index < -0.39 is 9.84 Å². The number of rotatable bonds is 5. The van der Waals surface area contributed by atoms with Gasteiger partial charge in [-0.1, -0.05) is 0 Å². The number of hydrogen-bond donors (Lipinski definition) is 1. The maximum absolute atomic E-state index is 12.3. The molecule has 116 valence electrons. The average Bonchev–Trinajstić information content (AvgIpc) is 3.03. The molecule has 3 rings (SSSR count). The van der Waals surface area contributed by atoms with Crippen LogP contribution >= 0.6 is 0 Å². The quantitative estimate of drug-likeness (QED) is 0.891. The van der Waals surface area contributed by atoms with Crippen LogP contribution in [0, 0.1) is 5.92 Å². The Morgan fingerprint density at radius 3 is 2.76 bits per heavy atom. The van der Waals surface area contributed by atoms with Crippen molar-refractivity contribution in [3.8, 4) is 0 Å². The lowest BCUT2D eigenvalue weighted by Crippen LogP contribution is -2.42. The van der Waals surface area contributed by atoms with E-state index in [1.165, 1.54) is 0 Å². The van der Waals surface area contributed by atoms with Crippen molar-refractivity contribution in [1.82, 2.24) is 10.2 Å². The van der Waals surface area contributed by atoms with E-state index in [-0.39, 0.29) is 29.5 Å². The van der Waals surface area contributed by atoms with Gasteiger partial charge in [0.2, 0.25) is 0 Å². The van der Waals surface area contributed by atoms with Gasteiger partial charge in [0.05, 0.1) is 24.3 Å². The molecular weight excluding hydrogens is 292 g/mol. The molecule has 2 heterocycles. The van der Waals surface area contributed by atoms with Crippen LogP contribution in [0.2, 0.25) is 0 Å². The van der Waals surface area contributed by atoms with Crippen LogP contribution in [-0.2, 0) is 16.4 Å². The minimum atomic E-state index is -2.89. The molecule has 0 spiro atoms. The van der Waals surface area contributed by atoms with Gasteiger partial charge in [-0.15, -0.1) is 0 Å². The topological polar surface area (TPSA) is 79.6 Å². The zero-order chi connectivity index (χ0) is 14.9. The first-order valence-electron chi connectivity index (χ1n) is 7.31. The van der Waals surface area contributed by atoms with Crippen LogP contribution in [0.4, 0.5) is 4.79 Å². The van der Waals surface area contributed by atoms with Crippen molar-refractivity contribution in [2.24, 2.45) is 5.92 Å². The number of nitrogens with one attached hydrogen (secondary N) is 1. The number of urea groups is 1. The maximum atomic E-state index is 12.3. The van der Waals surface area contributed by atoms with Crippen molar-refractivity contribution in [2.75, 3.05) is 18.1 Å². The minimum absolute atomic E-state index is 0.0450. The zero-order valence-electron chi connectivity index (χ0n) is 11.8.